The molecule has 6 heteroatoms. The van der Waals surface area contributed by atoms with Gasteiger partial charge in [-0.15, -0.1) is 0 Å². The fourth-order valence-corrected chi connectivity index (χ4v) is 1.43. The Balaban J connectivity index is 3.18. The first kappa shape index (κ1) is 12.9. The van der Waals surface area contributed by atoms with E-state index in [0.29, 0.717) is 0 Å². The standard InChI is InChI=1S/C10H10BrF2NO2/c1-5(11)9(15)8-6(14)3-2-4-7(8)16-10(12)13/h2-5,10H,14H2,1H3. The van der Waals surface area contributed by atoms with Crippen LogP contribution in [0.5, 0.6) is 5.75 Å². The van der Waals surface area contributed by atoms with E-state index in [0.717, 1.165) is 0 Å². The molecule has 0 aliphatic rings. The molecule has 1 rings (SSSR count). The van der Waals surface area contributed by atoms with E-state index in [1.54, 1.807) is 6.92 Å². The SMILES string of the molecule is CC(Br)C(=O)c1c(N)cccc1OC(F)F. The van der Waals surface area contributed by atoms with E-state index in [2.05, 4.69) is 20.7 Å². The molecule has 0 saturated heterocycles. The Hall–Kier alpha value is -1.17. The first-order chi connectivity index (χ1) is 7.43. The van der Waals surface area contributed by atoms with Crippen molar-refractivity contribution in [2.45, 2.75) is 18.4 Å². The van der Waals surface area contributed by atoms with Crippen molar-refractivity contribution < 1.29 is 18.3 Å². The van der Waals surface area contributed by atoms with Crippen LogP contribution in [0.2, 0.25) is 0 Å². The number of hydrogen-bond acceptors (Lipinski definition) is 3. The molecule has 1 aromatic carbocycles. The molecule has 0 spiro atoms. The number of anilines is 1. The molecular weight excluding hydrogens is 284 g/mol. The number of halogens is 3. The van der Waals surface area contributed by atoms with Crippen LogP contribution < -0.4 is 10.5 Å². The van der Waals surface area contributed by atoms with Gasteiger partial charge in [0.1, 0.15) is 5.75 Å². The molecule has 0 bridgehead atoms. The molecule has 0 aromatic heterocycles. The highest BCUT2D eigenvalue weighted by molar-refractivity contribution is 9.10. The summed E-state index contributed by atoms with van der Waals surface area (Å²) in [5.74, 6) is -0.597. The number of Topliss-reactive ketones (excluding diaryl/α,β-unsaturated/α-hetero) is 1. The third-order valence-electron chi connectivity index (χ3n) is 1.88. The highest BCUT2D eigenvalue weighted by Gasteiger charge is 2.21. The number of rotatable bonds is 4. The Labute approximate surface area is 99.7 Å². The van der Waals surface area contributed by atoms with Crippen LogP contribution in [0.25, 0.3) is 0 Å². The molecule has 3 nitrogen and oxygen atoms in total. The average Bonchev–Trinajstić information content (AvgIpc) is 2.16. The van der Waals surface area contributed by atoms with Gasteiger partial charge in [0, 0.05) is 5.69 Å². The van der Waals surface area contributed by atoms with Crippen molar-refractivity contribution in [3.05, 3.63) is 23.8 Å². The van der Waals surface area contributed by atoms with Crippen LogP contribution in [0.15, 0.2) is 18.2 Å². The van der Waals surface area contributed by atoms with Gasteiger partial charge in [-0.05, 0) is 19.1 Å². The molecule has 0 amide bonds. The van der Waals surface area contributed by atoms with Gasteiger partial charge in [0.25, 0.3) is 0 Å². The lowest BCUT2D eigenvalue weighted by molar-refractivity contribution is -0.0500. The van der Waals surface area contributed by atoms with Crippen molar-refractivity contribution in [2.75, 3.05) is 5.73 Å². The van der Waals surface area contributed by atoms with Gasteiger partial charge >= 0.3 is 6.61 Å². The quantitative estimate of drug-likeness (QED) is 0.528. The zero-order chi connectivity index (χ0) is 12.3. The molecule has 0 heterocycles. The molecule has 88 valence electrons. The highest BCUT2D eigenvalue weighted by Crippen LogP contribution is 2.28. The number of nitrogen functional groups attached to an aromatic ring is 1. The van der Waals surface area contributed by atoms with Gasteiger partial charge in [-0.1, -0.05) is 22.0 Å². The van der Waals surface area contributed by atoms with E-state index >= 15 is 0 Å². The zero-order valence-corrected chi connectivity index (χ0v) is 10.0. The minimum absolute atomic E-state index is 0.0211. The van der Waals surface area contributed by atoms with Gasteiger partial charge in [0.05, 0.1) is 10.4 Å². The predicted octanol–water partition coefficient (Wildman–Crippen LogP) is 2.84. The smallest absolute Gasteiger partial charge is 0.387 e. The van der Waals surface area contributed by atoms with Crippen LogP contribution in [-0.4, -0.2) is 17.2 Å². The fraction of sp³-hybridized carbons (Fsp3) is 0.300. The molecule has 0 saturated carbocycles. The second-order valence-electron chi connectivity index (χ2n) is 3.08. The van der Waals surface area contributed by atoms with E-state index in [-0.39, 0.29) is 17.0 Å². The Bertz CT molecular complexity index is 396. The minimum Gasteiger partial charge on any atom is -0.434 e. The van der Waals surface area contributed by atoms with Gasteiger partial charge < -0.3 is 10.5 Å². The summed E-state index contributed by atoms with van der Waals surface area (Å²) >= 11 is 3.06. The van der Waals surface area contributed by atoms with Crippen molar-refractivity contribution in [1.29, 1.82) is 0 Å². The lowest BCUT2D eigenvalue weighted by Crippen LogP contribution is -2.15. The van der Waals surface area contributed by atoms with Gasteiger partial charge in [-0.3, -0.25) is 4.79 Å². The Morgan fingerprint density at radius 3 is 2.62 bits per heavy atom. The maximum absolute atomic E-state index is 12.1. The third kappa shape index (κ3) is 2.91. The number of ether oxygens (including phenoxy) is 1. The summed E-state index contributed by atoms with van der Waals surface area (Å²) in [5, 5.41) is 0. The van der Waals surface area contributed by atoms with Crippen LogP contribution in [0.3, 0.4) is 0 Å². The largest absolute Gasteiger partial charge is 0.434 e. The summed E-state index contributed by atoms with van der Waals surface area (Å²) in [7, 11) is 0. The maximum atomic E-state index is 12.1. The van der Waals surface area contributed by atoms with Gasteiger partial charge in [-0.2, -0.15) is 8.78 Å². The molecule has 1 atom stereocenters. The average molecular weight is 294 g/mol. The van der Waals surface area contributed by atoms with Crippen LogP contribution >= 0.6 is 15.9 Å². The van der Waals surface area contributed by atoms with Crippen LogP contribution in [0.1, 0.15) is 17.3 Å². The van der Waals surface area contributed by atoms with Crippen LogP contribution in [0.4, 0.5) is 14.5 Å². The van der Waals surface area contributed by atoms with Crippen molar-refractivity contribution in [1.82, 2.24) is 0 Å². The second kappa shape index (κ2) is 5.25. The van der Waals surface area contributed by atoms with Crippen molar-refractivity contribution >= 4 is 27.4 Å². The van der Waals surface area contributed by atoms with Gasteiger partial charge in [0.2, 0.25) is 0 Å². The van der Waals surface area contributed by atoms with Crippen molar-refractivity contribution in [3.8, 4) is 5.75 Å². The molecule has 0 aliphatic heterocycles. The van der Waals surface area contributed by atoms with E-state index in [4.69, 9.17) is 5.73 Å². The molecular formula is C10H10BrF2NO2. The minimum atomic E-state index is -2.99. The molecule has 1 aromatic rings. The number of carbonyl (C=O) groups is 1. The topological polar surface area (TPSA) is 52.3 Å². The monoisotopic (exact) mass is 293 g/mol. The summed E-state index contributed by atoms with van der Waals surface area (Å²) in [6.45, 7) is -1.40. The van der Waals surface area contributed by atoms with E-state index in [1.165, 1.54) is 18.2 Å². The molecule has 0 fully saturated rings. The summed E-state index contributed by atoms with van der Waals surface area (Å²) in [6.07, 6.45) is 0. The number of benzene rings is 1. The predicted molar refractivity (Wildman–Crippen MR) is 60.2 cm³/mol. The molecule has 2 N–H and O–H groups in total. The molecule has 0 aliphatic carbocycles. The third-order valence-corrected chi connectivity index (χ3v) is 2.30. The van der Waals surface area contributed by atoms with Crippen molar-refractivity contribution in [2.24, 2.45) is 0 Å². The summed E-state index contributed by atoms with van der Waals surface area (Å²) < 4.78 is 28.5. The summed E-state index contributed by atoms with van der Waals surface area (Å²) in [6, 6.07) is 4.19. The molecule has 0 radical (unpaired) electrons. The number of ketones is 1. The van der Waals surface area contributed by atoms with Crippen molar-refractivity contribution in [3.63, 3.8) is 0 Å². The first-order valence-electron chi connectivity index (χ1n) is 4.45. The number of hydrogen-bond donors (Lipinski definition) is 1. The molecule has 16 heavy (non-hydrogen) atoms. The zero-order valence-electron chi connectivity index (χ0n) is 8.41. The Morgan fingerprint density at radius 2 is 2.12 bits per heavy atom. The van der Waals surface area contributed by atoms with E-state index in [9.17, 15) is 13.6 Å². The highest BCUT2D eigenvalue weighted by atomic mass is 79.9. The number of carbonyl (C=O) groups excluding carboxylic acids is 1. The van der Waals surface area contributed by atoms with E-state index in [1.807, 2.05) is 0 Å². The van der Waals surface area contributed by atoms with Gasteiger partial charge in [0.15, 0.2) is 5.78 Å². The number of alkyl halides is 3. The van der Waals surface area contributed by atoms with Crippen LogP contribution in [0, 0.1) is 0 Å². The lowest BCUT2D eigenvalue weighted by atomic mass is 10.1. The fourth-order valence-electron chi connectivity index (χ4n) is 1.20. The normalized spacial score (nSPS) is 12.6. The maximum Gasteiger partial charge on any atom is 0.387 e. The Morgan fingerprint density at radius 1 is 1.50 bits per heavy atom. The lowest BCUT2D eigenvalue weighted by Gasteiger charge is -2.12. The van der Waals surface area contributed by atoms with Gasteiger partial charge in [-0.25, -0.2) is 0 Å². The number of nitrogens with two attached hydrogens (primary N) is 1. The molecule has 1 unspecified atom stereocenters. The first-order valence-corrected chi connectivity index (χ1v) is 5.36. The van der Waals surface area contributed by atoms with Crippen LogP contribution in [-0.2, 0) is 0 Å². The summed E-state index contributed by atoms with van der Waals surface area (Å²) in [5.41, 5.74) is 5.67. The van der Waals surface area contributed by atoms with E-state index < -0.39 is 17.2 Å². The Kier molecular flexibility index (Phi) is 4.23. The summed E-state index contributed by atoms with van der Waals surface area (Å²) in [4.78, 5) is 11.2. The second-order valence-corrected chi connectivity index (χ2v) is 4.45.